The van der Waals surface area contributed by atoms with E-state index in [1.807, 2.05) is 57.5 Å². The molecule has 0 bridgehead atoms. The number of nitrogens with one attached hydrogen (secondary N) is 1. The number of hydrogen-bond acceptors (Lipinski definition) is 9. The zero-order valence-electron chi connectivity index (χ0n) is 27.4. The number of rotatable bonds is 7. The molecule has 0 fully saturated rings. The molecule has 2 aromatic carbocycles. The average Bonchev–Trinajstić information content (AvgIpc) is 3.64. The van der Waals surface area contributed by atoms with Crippen molar-refractivity contribution in [3.63, 3.8) is 0 Å². The highest BCUT2D eigenvalue weighted by Gasteiger charge is 2.31. The number of fused-ring (bicyclic) bond motifs is 2. The van der Waals surface area contributed by atoms with Crippen molar-refractivity contribution in [2.75, 3.05) is 38.8 Å². The van der Waals surface area contributed by atoms with Gasteiger partial charge in [0.25, 0.3) is 0 Å². The van der Waals surface area contributed by atoms with Gasteiger partial charge in [-0.05, 0) is 60.9 Å². The number of carbonyl (C=O) groups is 2. The largest absolute Gasteiger partial charge is 0.461 e. The highest BCUT2D eigenvalue weighted by atomic mass is 79.9. The van der Waals surface area contributed by atoms with Crippen molar-refractivity contribution in [2.45, 2.75) is 39.8 Å². The van der Waals surface area contributed by atoms with Crippen LogP contribution in [-0.4, -0.2) is 83.0 Å². The molecule has 2 aliphatic heterocycles. The normalized spacial score (nSPS) is 14.9. The van der Waals surface area contributed by atoms with Crippen LogP contribution in [0.15, 0.2) is 57.5 Å². The molecule has 12 nitrogen and oxygen atoms in total. The Kier molecular flexibility index (Phi) is 14.7. The van der Waals surface area contributed by atoms with Crippen LogP contribution in [0.2, 0.25) is 0 Å². The van der Waals surface area contributed by atoms with E-state index in [1.165, 1.54) is 6.26 Å². The molecule has 0 saturated carbocycles. The smallest absolute Gasteiger partial charge is 0.359 e. The van der Waals surface area contributed by atoms with Crippen LogP contribution in [0.25, 0.3) is 11.4 Å². The third-order valence-electron chi connectivity index (χ3n) is 7.36. The minimum absolute atomic E-state index is 0.292. The van der Waals surface area contributed by atoms with Gasteiger partial charge in [-0.25, -0.2) is 31.7 Å². The fourth-order valence-electron chi connectivity index (χ4n) is 5.33. The standard InChI is InChI=1S/C16H18BrN3O3S.C15H16BrN3O2.CH3ClOS/c1-3-23-16(21)15-13-10-19(24(2)22)8-7-14(13)20(18-15)12-6-4-5-11(17)9-12;1-2-21-15(20)14-12-9-17-7-6-13(12)19(18-14)11-5-3-4-10(16)8-11;1-4(2)3/h4-6,9H,3,7-8,10H2,1-2H3;3-5,8,17H,2,6-7,9H2,1H3;1H3. The zero-order valence-corrected chi connectivity index (χ0v) is 33.0. The van der Waals surface area contributed by atoms with E-state index in [1.54, 1.807) is 24.8 Å². The van der Waals surface area contributed by atoms with E-state index in [0.717, 1.165) is 55.8 Å². The van der Waals surface area contributed by atoms with Gasteiger partial charge in [0.05, 0.1) is 47.0 Å². The molecular formula is C32H37Br2ClN6O6S2. The van der Waals surface area contributed by atoms with Gasteiger partial charge < -0.3 is 14.8 Å². The molecule has 2 unspecified atom stereocenters. The summed E-state index contributed by atoms with van der Waals surface area (Å²) in [5.41, 5.74) is 6.34. The molecular weight excluding hydrogens is 824 g/mol. The number of halogens is 3. The molecule has 264 valence electrons. The van der Waals surface area contributed by atoms with E-state index in [0.29, 0.717) is 50.7 Å². The van der Waals surface area contributed by atoms with E-state index in [4.69, 9.17) is 20.2 Å². The molecule has 0 aliphatic carbocycles. The van der Waals surface area contributed by atoms with Gasteiger partial charge in [-0.2, -0.15) is 10.2 Å². The molecule has 49 heavy (non-hydrogen) atoms. The predicted octanol–water partition coefficient (Wildman–Crippen LogP) is 5.44. The summed E-state index contributed by atoms with van der Waals surface area (Å²) >= 11 is 6.93. The minimum atomic E-state index is -1.14. The van der Waals surface area contributed by atoms with Gasteiger partial charge >= 0.3 is 11.9 Å². The Hall–Kier alpha value is -2.73. The van der Waals surface area contributed by atoms with Crippen molar-refractivity contribution < 1.29 is 27.5 Å². The first kappa shape index (κ1) is 39.1. The summed E-state index contributed by atoms with van der Waals surface area (Å²) < 4.78 is 38.8. The van der Waals surface area contributed by atoms with Crippen LogP contribution in [0, 0.1) is 0 Å². The third-order valence-corrected chi connectivity index (χ3v) is 9.38. The second kappa shape index (κ2) is 18.5. The zero-order chi connectivity index (χ0) is 35.7. The fourth-order valence-corrected chi connectivity index (χ4v) is 6.77. The number of ether oxygens (including phenoxy) is 2. The minimum Gasteiger partial charge on any atom is -0.461 e. The van der Waals surface area contributed by atoms with E-state index in [9.17, 15) is 18.0 Å². The average molecular weight is 861 g/mol. The molecule has 2 atom stereocenters. The van der Waals surface area contributed by atoms with Gasteiger partial charge in [-0.1, -0.05) is 44.0 Å². The van der Waals surface area contributed by atoms with Crippen molar-refractivity contribution in [1.82, 2.24) is 29.2 Å². The molecule has 0 saturated heterocycles. The number of esters is 2. The maximum atomic E-state index is 12.3. The molecule has 4 aromatic rings. The first-order valence-electron chi connectivity index (χ1n) is 15.3. The molecule has 1 N–H and O–H groups in total. The van der Waals surface area contributed by atoms with Gasteiger partial charge in [0.1, 0.15) is 10.0 Å². The van der Waals surface area contributed by atoms with Gasteiger partial charge in [0.15, 0.2) is 11.4 Å². The van der Waals surface area contributed by atoms with Crippen LogP contribution < -0.4 is 5.32 Å². The van der Waals surface area contributed by atoms with Crippen molar-refractivity contribution in [3.05, 3.63) is 91.4 Å². The molecule has 2 aliphatic rings. The first-order chi connectivity index (χ1) is 23.4. The summed E-state index contributed by atoms with van der Waals surface area (Å²) in [7, 11) is 2.52. The lowest BCUT2D eigenvalue weighted by Gasteiger charge is -2.25. The first-order valence-corrected chi connectivity index (χ1v) is 20.8. The van der Waals surface area contributed by atoms with Crippen LogP contribution in [0.1, 0.15) is 57.3 Å². The van der Waals surface area contributed by atoms with Crippen LogP contribution in [0.3, 0.4) is 0 Å². The van der Waals surface area contributed by atoms with Crippen molar-refractivity contribution in [2.24, 2.45) is 0 Å². The monoisotopic (exact) mass is 858 g/mol. The molecule has 0 spiro atoms. The Morgan fingerprint density at radius 1 is 0.857 bits per heavy atom. The van der Waals surface area contributed by atoms with E-state index in [2.05, 4.69) is 47.4 Å². The molecule has 6 rings (SSSR count). The number of carbonyl (C=O) groups excluding carboxylic acids is 2. The summed E-state index contributed by atoms with van der Waals surface area (Å²) in [6.07, 6.45) is 4.57. The highest BCUT2D eigenvalue weighted by molar-refractivity contribution is 9.10. The summed E-state index contributed by atoms with van der Waals surface area (Å²) in [4.78, 5) is 24.4. The third kappa shape index (κ3) is 10.2. The topological polar surface area (TPSA) is 138 Å². The lowest BCUT2D eigenvalue weighted by molar-refractivity contribution is 0.0507. The predicted molar refractivity (Wildman–Crippen MR) is 198 cm³/mol. The maximum absolute atomic E-state index is 12.3. The Labute approximate surface area is 311 Å². The van der Waals surface area contributed by atoms with Crippen molar-refractivity contribution in [1.29, 1.82) is 0 Å². The Bertz CT molecular complexity index is 1850. The number of hydrogen-bond donors (Lipinski definition) is 1. The Morgan fingerprint density at radius 2 is 1.35 bits per heavy atom. The van der Waals surface area contributed by atoms with Crippen LogP contribution >= 0.6 is 42.5 Å². The highest BCUT2D eigenvalue weighted by Crippen LogP contribution is 2.28. The summed E-state index contributed by atoms with van der Waals surface area (Å²) in [5.74, 6) is -0.794. The Morgan fingerprint density at radius 3 is 1.82 bits per heavy atom. The number of benzene rings is 2. The van der Waals surface area contributed by atoms with Crippen molar-refractivity contribution >= 4 is 75.5 Å². The Balaban J connectivity index is 0.000000201. The quantitative estimate of drug-likeness (QED) is 0.190. The number of nitrogens with zero attached hydrogens (tertiary/aromatic N) is 5. The summed E-state index contributed by atoms with van der Waals surface area (Å²) in [6.45, 7) is 6.84. The van der Waals surface area contributed by atoms with Crippen LogP contribution in [-0.2, 0) is 56.4 Å². The van der Waals surface area contributed by atoms with E-state index in [-0.39, 0.29) is 5.97 Å². The van der Waals surface area contributed by atoms with E-state index >= 15 is 0 Å². The van der Waals surface area contributed by atoms with E-state index < -0.39 is 27.0 Å². The molecule has 4 heterocycles. The van der Waals surface area contributed by atoms with Crippen LogP contribution in [0.5, 0.6) is 0 Å². The summed E-state index contributed by atoms with van der Waals surface area (Å²) in [6, 6.07) is 15.6. The van der Waals surface area contributed by atoms with Crippen LogP contribution in [0.4, 0.5) is 0 Å². The molecule has 0 amide bonds. The number of aromatic nitrogens is 4. The van der Waals surface area contributed by atoms with Gasteiger partial charge in [0, 0.05) is 71.6 Å². The second-order valence-electron chi connectivity index (χ2n) is 10.6. The lowest BCUT2D eigenvalue weighted by atomic mass is 10.1. The molecule has 2 aromatic heterocycles. The lowest BCUT2D eigenvalue weighted by Crippen LogP contribution is -2.32. The fraction of sp³-hybridized carbons (Fsp3) is 0.375. The second-order valence-corrected chi connectivity index (χ2v) is 15.9. The van der Waals surface area contributed by atoms with Crippen molar-refractivity contribution in [3.8, 4) is 11.4 Å². The van der Waals surface area contributed by atoms with Gasteiger partial charge in [0.2, 0.25) is 0 Å². The maximum Gasteiger partial charge on any atom is 0.359 e. The van der Waals surface area contributed by atoms with Gasteiger partial charge in [-0.15, -0.1) is 0 Å². The molecule has 17 heteroatoms. The van der Waals surface area contributed by atoms with Gasteiger partial charge in [-0.3, -0.25) is 0 Å². The molecule has 0 radical (unpaired) electrons. The SMILES string of the molecule is CCOC(=O)c1nn(-c2cccc(Br)c2)c2c1CN(S(C)=O)CC2.CCOC(=O)c1nn(-c2cccc(Br)c2)c2c1CNCC2.CS(=O)Cl. The summed E-state index contributed by atoms with van der Waals surface area (Å²) in [5, 5.41) is 12.3.